The van der Waals surface area contributed by atoms with Gasteiger partial charge in [-0.3, -0.25) is 9.59 Å². The molecule has 0 aliphatic carbocycles. The summed E-state index contributed by atoms with van der Waals surface area (Å²) in [5.74, 6) is -2.37. The number of ether oxygens (including phenoxy) is 1. The Morgan fingerprint density at radius 2 is 2.27 bits per heavy atom. The van der Waals surface area contributed by atoms with E-state index in [0.717, 1.165) is 0 Å². The molecule has 0 bridgehead atoms. The number of carboxylic acid groups (broad SMARTS) is 1. The van der Waals surface area contributed by atoms with Gasteiger partial charge in [0.1, 0.15) is 12.4 Å². The molecular weight excluding hydrogens is 220 g/mol. The second-order valence-electron chi connectivity index (χ2n) is 3.21. The molecule has 2 rings (SSSR count). The largest absolute Gasteiger partial charge is 0.491 e. The van der Waals surface area contributed by atoms with Crippen LogP contribution in [0.15, 0.2) is 18.2 Å². The lowest BCUT2D eigenvalue weighted by Crippen LogP contribution is -2.33. The number of rotatable bonds is 1. The second-order valence-corrected chi connectivity index (χ2v) is 3.64. The first-order valence-electron chi connectivity index (χ1n) is 4.29. The van der Waals surface area contributed by atoms with Gasteiger partial charge in [0, 0.05) is 5.02 Å². The van der Waals surface area contributed by atoms with Crippen molar-refractivity contribution in [2.24, 2.45) is 5.92 Å². The molecule has 0 fully saturated rings. The van der Waals surface area contributed by atoms with E-state index in [1.54, 1.807) is 12.1 Å². The zero-order valence-electron chi connectivity index (χ0n) is 7.57. The summed E-state index contributed by atoms with van der Waals surface area (Å²) in [4.78, 5) is 22.4. The van der Waals surface area contributed by atoms with E-state index in [2.05, 4.69) is 0 Å². The van der Waals surface area contributed by atoms with Crippen molar-refractivity contribution in [3.8, 4) is 5.75 Å². The van der Waals surface area contributed by atoms with Gasteiger partial charge in [0.05, 0.1) is 5.56 Å². The molecule has 1 heterocycles. The molecule has 1 aromatic carbocycles. The van der Waals surface area contributed by atoms with Gasteiger partial charge in [0.25, 0.3) is 0 Å². The van der Waals surface area contributed by atoms with Crippen molar-refractivity contribution in [3.05, 3.63) is 28.8 Å². The van der Waals surface area contributed by atoms with E-state index >= 15 is 0 Å². The predicted octanol–water partition coefficient (Wildman–Crippen LogP) is 1.62. The molecule has 78 valence electrons. The summed E-state index contributed by atoms with van der Waals surface area (Å²) in [7, 11) is 0. The summed E-state index contributed by atoms with van der Waals surface area (Å²) in [5.41, 5.74) is 0.237. The van der Waals surface area contributed by atoms with Crippen LogP contribution in [0, 0.1) is 5.92 Å². The number of halogens is 1. The third-order valence-electron chi connectivity index (χ3n) is 2.23. The number of hydrogen-bond acceptors (Lipinski definition) is 3. The molecule has 1 atom stereocenters. The van der Waals surface area contributed by atoms with E-state index in [0.29, 0.717) is 10.8 Å². The molecule has 0 spiro atoms. The fraction of sp³-hybridized carbons (Fsp3) is 0.200. The average molecular weight is 227 g/mol. The lowest BCUT2D eigenvalue weighted by Gasteiger charge is -2.21. The Morgan fingerprint density at radius 1 is 1.53 bits per heavy atom. The molecule has 1 aliphatic rings. The number of carbonyl (C=O) groups is 2. The standard InChI is InChI=1S/C10H7ClO4/c11-5-1-2-8-6(3-5)9(12)7(4-15-8)10(13)14/h1-3,7H,4H2,(H,13,14). The lowest BCUT2D eigenvalue weighted by molar-refractivity contribution is -0.141. The van der Waals surface area contributed by atoms with Gasteiger partial charge >= 0.3 is 5.97 Å². The predicted molar refractivity (Wildman–Crippen MR) is 52.4 cm³/mol. The quantitative estimate of drug-likeness (QED) is 0.739. The molecule has 0 saturated heterocycles. The summed E-state index contributed by atoms with van der Waals surface area (Å²) < 4.78 is 5.16. The fourth-order valence-corrected chi connectivity index (χ4v) is 1.61. The van der Waals surface area contributed by atoms with Crippen molar-refractivity contribution >= 4 is 23.4 Å². The van der Waals surface area contributed by atoms with Gasteiger partial charge in [-0.25, -0.2) is 0 Å². The number of benzene rings is 1. The van der Waals surface area contributed by atoms with E-state index in [1.807, 2.05) is 0 Å². The monoisotopic (exact) mass is 226 g/mol. The van der Waals surface area contributed by atoms with E-state index in [-0.39, 0.29) is 12.2 Å². The molecule has 5 heteroatoms. The van der Waals surface area contributed by atoms with Crippen LogP contribution in [0.5, 0.6) is 5.75 Å². The van der Waals surface area contributed by atoms with Crippen molar-refractivity contribution in [3.63, 3.8) is 0 Å². The van der Waals surface area contributed by atoms with Gasteiger partial charge in [0.2, 0.25) is 0 Å². The van der Waals surface area contributed by atoms with Gasteiger partial charge in [0.15, 0.2) is 11.7 Å². The van der Waals surface area contributed by atoms with Gasteiger partial charge in [-0.2, -0.15) is 0 Å². The number of aliphatic carboxylic acids is 1. The topological polar surface area (TPSA) is 63.6 Å². The molecular formula is C10H7ClO4. The highest BCUT2D eigenvalue weighted by molar-refractivity contribution is 6.31. The second kappa shape index (κ2) is 3.55. The third kappa shape index (κ3) is 1.68. The zero-order chi connectivity index (χ0) is 11.0. The van der Waals surface area contributed by atoms with Crippen LogP contribution in [-0.2, 0) is 4.79 Å². The number of hydrogen-bond donors (Lipinski definition) is 1. The summed E-state index contributed by atoms with van der Waals surface area (Å²) in [6.07, 6.45) is 0. The maximum Gasteiger partial charge on any atom is 0.317 e. The number of fused-ring (bicyclic) bond motifs is 1. The van der Waals surface area contributed by atoms with Crippen LogP contribution in [0.1, 0.15) is 10.4 Å². The van der Waals surface area contributed by atoms with Crippen molar-refractivity contribution in [2.45, 2.75) is 0 Å². The zero-order valence-corrected chi connectivity index (χ0v) is 8.32. The number of carbonyl (C=O) groups excluding carboxylic acids is 1. The molecule has 15 heavy (non-hydrogen) atoms. The maximum atomic E-state index is 11.7. The molecule has 1 unspecified atom stereocenters. The molecule has 1 aliphatic heterocycles. The summed E-state index contributed by atoms with van der Waals surface area (Å²) in [6, 6.07) is 4.58. The van der Waals surface area contributed by atoms with Crippen LogP contribution in [0.25, 0.3) is 0 Å². The SMILES string of the molecule is O=C(O)C1COc2ccc(Cl)cc2C1=O. The summed E-state index contributed by atoms with van der Waals surface area (Å²) in [5, 5.41) is 9.16. The Balaban J connectivity index is 2.45. The summed E-state index contributed by atoms with van der Waals surface area (Å²) >= 11 is 5.71. The maximum absolute atomic E-state index is 11.7. The molecule has 4 nitrogen and oxygen atoms in total. The van der Waals surface area contributed by atoms with E-state index in [9.17, 15) is 9.59 Å². The molecule has 1 N–H and O–H groups in total. The fourth-order valence-electron chi connectivity index (χ4n) is 1.44. The Hall–Kier alpha value is -1.55. The van der Waals surface area contributed by atoms with Crippen LogP contribution >= 0.6 is 11.6 Å². The van der Waals surface area contributed by atoms with Gasteiger partial charge < -0.3 is 9.84 Å². The minimum Gasteiger partial charge on any atom is -0.491 e. The first-order chi connectivity index (χ1) is 7.09. The first-order valence-corrected chi connectivity index (χ1v) is 4.67. The molecule has 0 amide bonds. The van der Waals surface area contributed by atoms with Crippen LogP contribution < -0.4 is 4.74 Å². The third-order valence-corrected chi connectivity index (χ3v) is 2.46. The smallest absolute Gasteiger partial charge is 0.317 e. The Morgan fingerprint density at radius 3 is 2.93 bits per heavy atom. The van der Waals surface area contributed by atoms with Crippen molar-refractivity contribution in [1.29, 1.82) is 0 Å². The number of ketones is 1. The van der Waals surface area contributed by atoms with Crippen LogP contribution in [0.2, 0.25) is 5.02 Å². The van der Waals surface area contributed by atoms with Crippen molar-refractivity contribution in [2.75, 3.05) is 6.61 Å². The van der Waals surface area contributed by atoms with Crippen LogP contribution in [0.4, 0.5) is 0 Å². The lowest BCUT2D eigenvalue weighted by atomic mass is 9.95. The average Bonchev–Trinajstić information content (AvgIpc) is 2.19. The number of carboxylic acids is 1. The van der Waals surface area contributed by atoms with Crippen LogP contribution in [0.3, 0.4) is 0 Å². The molecule has 0 radical (unpaired) electrons. The van der Waals surface area contributed by atoms with Crippen LogP contribution in [-0.4, -0.2) is 23.5 Å². The molecule has 0 saturated carbocycles. The normalized spacial score (nSPS) is 19.3. The minimum atomic E-state index is -1.18. The van der Waals surface area contributed by atoms with Gasteiger partial charge in [-0.1, -0.05) is 11.6 Å². The Labute approximate surface area is 90.4 Å². The molecule has 0 aromatic heterocycles. The van der Waals surface area contributed by atoms with E-state index in [4.69, 9.17) is 21.4 Å². The van der Waals surface area contributed by atoms with E-state index in [1.165, 1.54) is 6.07 Å². The van der Waals surface area contributed by atoms with Crippen molar-refractivity contribution < 1.29 is 19.4 Å². The highest BCUT2D eigenvalue weighted by atomic mass is 35.5. The first kappa shape index (κ1) is 9.98. The van der Waals surface area contributed by atoms with Crippen molar-refractivity contribution in [1.82, 2.24) is 0 Å². The summed E-state index contributed by atoms with van der Waals surface area (Å²) in [6.45, 7) is -0.122. The minimum absolute atomic E-state index is 0.122. The Bertz CT molecular complexity index is 441. The highest BCUT2D eigenvalue weighted by Gasteiger charge is 2.34. The Kier molecular flexibility index (Phi) is 2.36. The molecule has 1 aromatic rings. The van der Waals surface area contributed by atoms with E-state index < -0.39 is 17.7 Å². The highest BCUT2D eigenvalue weighted by Crippen LogP contribution is 2.29. The van der Waals surface area contributed by atoms with Gasteiger partial charge in [-0.15, -0.1) is 0 Å². The number of Topliss-reactive ketones (excluding diaryl/α,β-unsaturated/α-hetero) is 1. The van der Waals surface area contributed by atoms with Gasteiger partial charge in [-0.05, 0) is 18.2 Å².